The van der Waals surface area contributed by atoms with E-state index in [-0.39, 0.29) is 6.29 Å². The number of ether oxygens (including phenoxy) is 2. The molecular formula is C15H23ClNO2+. The highest BCUT2D eigenvalue weighted by Crippen LogP contribution is 2.18. The summed E-state index contributed by atoms with van der Waals surface area (Å²) in [6.45, 7) is 4.45. The molecule has 0 spiro atoms. The number of nitrogens with zero attached hydrogens (tertiary/aromatic N) is 1. The maximum absolute atomic E-state index is 5.74. The van der Waals surface area contributed by atoms with Gasteiger partial charge < -0.3 is 14.0 Å². The summed E-state index contributed by atoms with van der Waals surface area (Å²) in [7, 11) is 2.29. The third-order valence-electron chi connectivity index (χ3n) is 3.63. The number of hydrogen-bond donors (Lipinski definition) is 0. The summed E-state index contributed by atoms with van der Waals surface area (Å²) in [5.74, 6) is 0.524. The van der Waals surface area contributed by atoms with Crippen molar-refractivity contribution in [1.82, 2.24) is 0 Å². The molecule has 0 radical (unpaired) electrons. The van der Waals surface area contributed by atoms with Gasteiger partial charge in [0.15, 0.2) is 6.29 Å². The second-order valence-electron chi connectivity index (χ2n) is 5.36. The lowest BCUT2D eigenvalue weighted by Gasteiger charge is -2.32. The lowest BCUT2D eigenvalue weighted by atomic mass is 10.2. The van der Waals surface area contributed by atoms with Gasteiger partial charge in [0, 0.05) is 17.9 Å². The normalized spacial score (nSPS) is 28.0. The van der Waals surface area contributed by atoms with Crippen molar-refractivity contribution in [3.63, 3.8) is 0 Å². The van der Waals surface area contributed by atoms with Crippen LogP contribution in [0.2, 0.25) is 0 Å². The Bertz CT molecular complexity index is 374. The molecule has 106 valence electrons. The lowest BCUT2D eigenvalue weighted by Crippen LogP contribution is -2.45. The summed E-state index contributed by atoms with van der Waals surface area (Å²) in [5.41, 5.74) is 1.38. The minimum Gasteiger partial charge on any atom is -0.351 e. The van der Waals surface area contributed by atoms with Gasteiger partial charge in [-0.25, -0.2) is 0 Å². The molecule has 0 aliphatic carbocycles. The van der Waals surface area contributed by atoms with Gasteiger partial charge in [-0.05, 0) is 0 Å². The molecule has 1 saturated heterocycles. The molecule has 2 atom stereocenters. The van der Waals surface area contributed by atoms with Crippen LogP contribution in [0.4, 0.5) is 0 Å². The Morgan fingerprint density at radius 2 is 2.11 bits per heavy atom. The van der Waals surface area contributed by atoms with Crippen LogP contribution in [-0.4, -0.2) is 50.0 Å². The van der Waals surface area contributed by atoms with Gasteiger partial charge in [0.05, 0.1) is 26.8 Å². The number of hydrogen-bond acceptors (Lipinski definition) is 2. The summed E-state index contributed by atoms with van der Waals surface area (Å²) >= 11 is 5.64. The molecule has 0 aromatic heterocycles. The van der Waals surface area contributed by atoms with Crippen LogP contribution in [0.15, 0.2) is 30.3 Å². The second kappa shape index (κ2) is 7.25. The first-order chi connectivity index (χ1) is 9.22. The molecule has 1 aromatic rings. The van der Waals surface area contributed by atoms with Crippen molar-refractivity contribution in [3.05, 3.63) is 35.9 Å². The molecule has 1 aliphatic rings. The van der Waals surface area contributed by atoms with E-state index in [0.717, 1.165) is 37.1 Å². The van der Waals surface area contributed by atoms with Crippen molar-refractivity contribution in [2.75, 3.05) is 39.2 Å². The number of quaternary nitrogens is 1. The Labute approximate surface area is 120 Å². The molecule has 0 saturated carbocycles. The van der Waals surface area contributed by atoms with Gasteiger partial charge in [-0.2, -0.15) is 0 Å². The molecule has 1 aliphatic heterocycles. The van der Waals surface area contributed by atoms with E-state index in [2.05, 4.69) is 37.4 Å². The predicted octanol–water partition coefficient (Wildman–Crippen LogP) is 2.64. The van der Waals surface area contributed by atoms with Crippen molar-refractivity contribution >= 4 is 11.6 Å². The van der Waals surface area contributed by atoms with E-state index in [0.29, 0.717) is 12.5 Å². The number of rotatable bonds is 5. The molecule has 4 heteroatoms. The maximum atomic E-state index is 5.74. The van der Waals surface area contributed by atoms with Crippen LogP contribution >= 0.6 is 11.6 Å². The van der Waals surface area contributed by atoms with E-state index < -0.39 is 0 Å². The Morgan fingerprint density at radius 3 is 2.84 bits per heavy atom. The van der Waals surface area contributed by atoms with E-state index in [4.69, 9.17) is 21.1 Å². The first kappa shape index (κ1) is 14.8. The van der Waals surface area contributed by atoms with Crippen molar-refractivity contribution in [2.24, 2.45) is 0 Å². The molecule has 19 heavy (non-hydrogen) atoms. The average molecular weight is 285 g/mol. The highest BCUT2D eigenvalue weighted by molar-refractivity contribution is 6.17. The zero-order valence-electron chi connectivity index (χ0n) is 11.6. The highest BCUT2D eigenvalue weighted by Gasteiger charge is 2.28. The van der Waals surface area contributed by atoms with Crippen LogP contribution in [0.1, 0.15) is 12.0 Å². The maximum Gasteiger partial charge on any atom is 0.163 e. The van der Waals surface area contributed by atoms with E-state index in [1.165, 1.54) is 5.56 Å². The minimum atomic E-state index is -0.0885. The molecule has 2 rings (SSSR count). The summed E-state index contributed by atoms with van der Waals surface area (Å²) in [4.78, 5) is 0. The summed E-state index contributed by atoms with van der Waals surface area (Å²) < 4.78 is 12.3. The Morgan fingerprint density at radius 1 is 1.32 bits per heavy atom. The van der Waals surface area contributed by atoms with Crippen molar-refractivity contribution in [3.8, 4) is 0 Å². The molecule has 1 fully saturated rings. The zero-order chi connectivity index (χ0) is 13.6. The summed E-state index contributed by atoms with van der Waals surface area (Å²) in [5, 5.41) is 0. The number of likely N-dealkylation sites (N-methyl/N-ethyl adjacent to an activating group) is 1. The molecule has 3 nitrogen and oxygen atoms in total. The van der Waals surface area contributed by atoms with Crippen LogP contribution < -0.4 is 0 Å². The molecular weight excluding hydrogens is 262 g/mol. The summed E-state index contributed by atoms with van der Waals surface area (Å²) in [6, 6.07) is 10.6. The molecule has 0 N–H and O–H groups in total. The number of benzene rings is 1. The SMILES string of the molecule is C[N+]1(Cc2ccccc2)CCOC(OCCCl)CC1. The van der Waals surface area contributed by atoms with Gasteiger partial charge in [-0.15, -0.1) is 11.6 Å². The third-order valence-corrected chi connectivity index (χ3v) is 3.78. The fourth-order valence-electron chi connectivity index (χ4n) is 2.51. The molecule has 0 bridgehead atoms. The molecule has 2 unspecified atom stereocenters. The standard InChI is InChI=1S/C15H23ClNO2/c1-17(13-14-5-3-2-4-6-14)9-7-15(18-11-8-16)19-12-10-17/h2-6,15H,7-13H2,1H3/q+1. The Balaban J connectivity index is 1.90. The molecule has 1 heterocycles. The monoisotopic (exact) mass is 284 g/mol. The van der Waals surface area contributed by atoms with E-state index in [1.54, 1.807) is 0 Å². The van der Waals surface area contributed by atoms with E-state index in [1.807, 2.05) is 0 Å². The van der Waals surface area contributed by atoms with Crippen molar-refractivity contribution in [1.29, 1.82) is 0 Å². The fourth-order valence-corrected chi connectivity index (χ4v) is 2.60. The number of alkyl halides is 1. The van der Waals surface area contributed by atoms with Gasteiger partial charge in [0.2, 0.25) is 0 Å². The largest absolute Gasteiger partial charge is 0.351 e. The van der Waals surface area contributed by atoms with Gasteiger partial charge in [-0.3, -0.25) is 0 Å². The first-order valence-electron chi connectivity index (χ1n) is 6.88. The van der Waals surface area contributed by atoms with Crippen molar-refractivity contribution in [2.45, 2.75) is 19.3 Å². The highest BCUT2D eigenvalue weighted by atomic mass is 35.5. The summed E-state index contributed by atoms with van der Waals surface area (Å²) in [6.07, 6.45) is 0.842. The minimum absolute atomic E-state index is 0.0885. The zero-order valence-corrected chi connectivity index (χ0v) is 12.3. The van der Waals surface area contributed by atoms with E-state index in [9.17, 15) is 0 Å². The smallest absolute Gasteiger partial charge is 0.163 e. The predicted molar refractivity (Wildman–Crippen MR) is 77.1 cm³/mol. The van der Waals surface area contributed by atoms with Crippen LogP contribution in [-0.2, 0) is 16.0 Å². The quantitative estimate of drug-likeness (QED) is 0.611. The van der Waals surface area contributed by atoms with Crippen molar-refractivity contribution < 1.29 is 14.0 Å². The topological polar surface area (TPSA) is 18.5 Å². The van der Waals surface area contributed by atoms with Crippen LogP contribution in [0, 0.1) is 0 Å². The van der Waals surface area contributed by atoms with Crippen LogP contribution in [0.25, 0.3) is 0 Å². The van der Waals surface area contributed by atoms with Crippen LogP contribution in [0.5, 0.6) is 0 Å². The fraction of sp³-hybridized carbons (Fsp3) is 0.600. The van der Waals surface area contributed by atoms with E-state index >= 15 is 0 Å². The third kappa shape index (κ3) is 4.77. The van der Waals surface area contributed by atoms with Crippen LogP contribution in [0.3, 0.4) is 0 Å². The lowest BCUT2D eigenvalue weighted by molar-refractivity contribution is -0.921. The van der Waals surface area contributed by atoms with Gasteiger partial charge in [-0.1, -0.05) is 30.3 Å². The first-order valence-corrected chi connectivity index (χ1v) is 7.42. The van der Waals surface area contributed by atoms with Gasteiger partial charge in [0.1, 0.15) is 13.1 Å². The molecule has 1 aromatic carbocycles. The Hall–Kier alpha value is -0.610. The second-order valence-corrected chi connectivity index (χ2v) is 5.74. The number of halogens is 1. The van der Waals surface area contributed by atoms with Gasteiger partial charge >= 0.3 is 0 Å². The Kier molecular flexibility index (Phi) is 5.64. The average Bonchev–Trinajstić information content (AvgIpc) is 2.60. The molecule has 0 amide bonds. The van der Waals surface area contributed by atoms with Gasteiger partial charge in [0.25, 0.3) is 0 Å².